The summed E-state index contributed by atoms with van der Waals surface area (Å²) in [7, 11) is 0. The highest BCUT2D eigenvalue weighted by Gasteiger charge is 2.02. The van der Waals surface area contributed by atoms with Crippen LogP contribution in [0.4, 0.5) is 0 Å². The van der Waals surface area contributed by atoms with Crippen LogP contribution in [0.15, 0.2) is 51.4 Å². The summed E-state index contributed by atoms with van der Waals surface area (Å²) in [5.74, 6) is 0.794. The van der Waals surface area contributed by atoms with Crippen LogP contribution in [0.5, 0.6) is 5.75 Å². The fourth-order valence-corrected chi connectivity index (χ4v) is 2.59. The molecule has 0 spiro atoms. The maximum absolute atomic E-state index is 8.71. The van der Waals surface area contributed by atoms with Crippen molar-refractivity contribution in [2.75, 3.05) is 0 Å². The SMILES string of the molecule is N#Cc1ccc(COc2ccc(Br)cc2Br)cc1. The molecule has 0 saturated carbocycles. The van der Waals surface area contributed by atoms with Gasteiger partial charge in [-0.05, 0) is 51.8 Å². The van der Waals surface area contributed by atoms with Gasteiger partial charge in [-0.15, -0.1) is 0 Å². The molecule has 0 amide bonds. The van der Waals surface area contributed by atoms with E-state index in [1.807, 2.05) is 30.3 Å². The summed E-state index contributed by atoms with van der Waals surface area (Å²) in [5.41, 5.74) is 1.69. The Hall–Kier alpha value is -1.31. The molecule has 2 aromatic carbocycles. The summed E-state index contributed by atoms with van der Waals surface area (Å²) in [5, 5.41) is 8.71. The van der Waals surface area contributed by atoms with Crippen molar-refractivity contribution in [2.24, 2.45) is 0 Å². The number of rotatable bonds is 3. The second-order valence-electron chi connectivity index (χ2n) is 3.67. The van der Waals surface area contributed by atoms with Gasteiger partial charge in [-0.3, -0.25) is 0 Å². The Morgan fingerprint density at radius 2 is 1.78 bits per heavy atom. The van der Waals surface area contributed by atoms with Crippen molar-refractivity contribution in [3.63, 3.8) is 0 Å². The zero-order valence-corrected chi connectivity index (χ0v) is 12.5. The topological polar surface area (TPSA) is 33.0 Å². The van der Waals surface area contributed by atoms with Crippen LogP contribution in [0.1, 0.15) is 11.1 Å². The molecule has 0 unspecified atom stereocenters. The number of nitriles is 1. The number of halogens is 2. The van der Waals surface area contributed by atoms with Gasteiger partial charge in [0.25, 0.3) is 0 Å². The van der Waals surface area contributed by atoms with E-state index < -0.39 is 0 Å². The molecule has 0 atom stereocenters. The summed E-state index contributed by atoms with van der Waals surface area (Å²) in [4.78, 5) is 0. The first kappa shape index (κ1) is 13.1. The van der Waals surface area contributed by atoms with Crippen molar-refractivity contribution < 1.29 is 4.74 Å². The molecule has 0 heterocycles. The van der Waals surface area contributed by atoms with Crippen LogP contribution in [0.25, 0.3) is 0 Å². The molecule has 0 aliphatic carbocycles. The van der Waals surface area contributed by atoms with E-state index in [0.717, 1.165) is 20.3 Å². The van der Waals surface area contributed by atoms with Crippen molar-refractivity contribution >= 4 is 31.9 Å². The molecule has 18 heavy (non-hydrogen) atoms. The molecular formula is C14H9Br2NO. The Kier molecular flexibility index (Phi) is 4.40. The van der Waals surface area contributed by atoms with Crippen LogP contribution in [0.3, 0.4) is 0 Å². The predicted octanol–water partition coefficient (Wildman–Crippen LogP) is 4.66. The first-order chi connectivity index (χ1) is 8.69. The van der Waals surface area contributed by atoms with Crippen molar-refractivity contribution in [3.05, 3.63) is 62.5 Å². The van der Waals surface area contributed by atoms with Gasteiger partial charge >= 0.3 is 0 Å². The Morgan fingerprint density at radius 3 is 2.39 bits per heavy atom. The largest absolute Gasteiger partial charge is 0.488 e. The summed E-state index contributed by atoms with van der Waals surface area (Å²) < 4.78 is 7.61. The normalized spacial score (nSPS) is 9.83. The molecule has 0 aliphatic heterocycles. The van der Waals surface area contributed by atoms with Gasteiger partial charge < -0.3 is 4.74 Å². The minimum absolute atomic E-state index is 0.478. The molecule has 2 rings (SSSR count). The predicted molar refractivity (Wildman–Crippen MR) is 77.3 cm³/mol. The van der Waals surface area contributed by atoms with Crippen molar-refractivity contribution in [1.82, 2.24) is 0 Å². The number of hydrogen-bond donors (Lipinski definition) is 0. The number of hydrogen-bond acceptors (Lipinski definition) is 2. The number of nitrogens with zero attached hydrogens (tertiary/aromatic N) is 1. The highest BCUT2D eigenvalue weighted by molar-refractivity contribution is 9.11. The fraction of sp³-hybridized carbons (Fsp3) is 0.0714. The minimum atomic E-state index is 0.478. The van der Waals surface area contributed by atoms with E-state index in [1.165, 1.54) is 0 Å². The number of benzene rings is 2. The van der Waals surface area contributed by atoms with Crippen LogP contribution < -0.4 is 4.74 Å². The summed E-state index contributed by atoms with van der Waals surface area (Å²) >= 11 is 6.84. The molecule has 2 aromatic rings. The molecule has 2 nitrogen and oxygen atoms in total. The van der Waals surface area contributed by atoms with Crippen LogP contribution >= 0.6 is 31.9 Å². The number of ether oxygens (including phenoxy) is 1. The smallest absolute Gasteiger partial charge is 0.134 e. The van der Waals surface area contributed by atoms with Crippen LogP contribution in [0, 0.1) is 11.3 Å². The molecule has 0 fully saturated rings. The van der Waals surface area contributed by atoms with Gasteiger partial charge in [0.2, 0.25) is 0 Å². The lowest BCUT2D eigenvalue weighted by Crippen LogP contribution is -1.96. The van der Waals surface area contributed by atoms with Gasteiger partial charge in [0, 0.05) is 4.47 Å². The molecule has 4 heteroatoms. The third-order valence-corrected chi connectivity index (χ3v) is 3.48. The van der Waals surface area contributed by atoms with E-state index in [2.05, 4.69) is 37.9 Å². The van der Waals surface area contributed by atoms with Crippen LogP contribution in [-0.2, 0) is 6.61 Å². The highest BCUT2D eigenvalue weighted by atomic mass is 79.9. The summed E-state index contributed by atoms with van der Waals surface area (Å²) in [6.07, 6.45) is 0. The second kappa shape index (κ2) is 6.03. The molecule has 0 aromatic heterocycles. The van der Waals surface area contributed by atoms with E-state index in [9.17, 15) is 0 Å². The van der Waals surface area contributed by atoms with Gasteiger partial charge in [-0.2, -0.15) is 5.26 Å². The van der Waals surface area contributed by atoms with Gasteiger partial charge in [0.05, 0.1) is 16.1 Å². The van der Waals surface area contributed by atoms with Gasteiger partial charge in [0.1, 0.15) is 12.4 Å². The fourth-order valence-electron chi connectivity index (χ4n) is 1.43. The third kappa shape index (κ3) is 3.34. The van der Waals surface area contributed by atoms with E-state index in [-0.39, 0.29) is 0 Å². The van der Waals surface area contributed by atoms with E-state index in [1.54, 1.807) is 12.1 Å². The average molecular weight is 367 g/mol. The molecule has 0 aliphatic rings. The molecule has 0 saturated heterocycles. The van der Waals surface area contributed by atoms with Crippen LogP contribution in [0.2, 0.25) is 0 Å². The quantitative estimate of drug-likeness (QED) is 0.791. The Morgan fingerprint density at radius 1 is 1.06 bits per heavy atom. The van der Waals surface area contributed by atoms with E-state index >= 15 is 0 Å². The zero-order chi connectivity index (χ0) is 13.0. The maximum Gasteiger partial charge on any atom is 0.134 e. The first-order valence-electron chi connectivity index (χ1n) is 5.26. The molecular weight excluding hydrogens is 358 g/mol. The Bertz CT molecular complexity index is 588. The van der Waals surface area contributed by atoms with Crippen LogP contribution in [-0.4, -0.2) is 0 Å². The first-order valence-corrected chi connectivity index (χ1v) is 6.84. The van der Waals surface area contributed by atoms with Gasteiger partial charge in [-0.1, -0.05) is 28.1 Å². The van der Waals surface area contributed by atoms with Crippen molar-refractivity contribution in [3.8, 4) is 11.8 Å². The molecule has 90 valence electrons. The Balaban J connectivity index is 2.04. The second-order valence-corrected chi connectivity index (χ2v) is 5.44. The maximum atomic E-state index is 8.71. The molecule has 0 N–H and O–H groups in total. The lowest BCUT2D eigenvalue weighted by Gasteiger charge is -2.08. The molecule has 0 radical (unpaired) electrons. The average Bonchev–Trinajstić information content (AvgIpc) is 2.38. The Labute approximate surface area is 122 Å². The summed E-state index contributed by atoms with van der Waals surface area (Å²) in [6, 6.07) is 15.2. The lowest BCUT2D eigenvalue weighted by molar-refractivity contribution is 0.304. The van der Waals surface area contributed by atoms with Gasteiger partial charge in [-0.25, -0.2) is 0 Å². The van der Waals surface area contributed by atoms with Gasteiger partial charge in [0.15, 0.2) is 0 Å². The standard InChI is InChI=1S/C14H9Br2NO/c15-12-5-6-14(13(16)7-12)18-9-11-3-1-10(8-17)2-4-11/h1-7H,9H2. The minimum Gasteiger partial charge on any atom is -0.488 e. The lowest BCUT2D eigenvalue weighted by atomic mass is 10.2. The van der Waals surface area contributed by atoms with E-state index in [4.69, 9.17) is 10.00 Å². The monoisotopic (exact) mass is 365 g/mol. The third-order valence-electron chi connectivity index (χ3n) is 2.37. The van der Waals surface area contributed by atoms with Crippen molar-refractivity contribution in [1.29, 1.82) is 5.26 Å². The highest BCUT2D eigenvalue weighted by Crippen LogP contribution is 2.28. The molecule has 0 bridgehead atoms. The van der Waals surface area contributed by atoms with E-state index in [0.29, 0.717) is 12.2 Å². The zero-order valence-electron chi connectivity index (χ0n) is 9.36. The summed E-state index contributed by atoms with van der Waals surface area (Å²) in [6.45, 7) is 0.478. The van der Waals surface area contributed by atoms with Crippen molar-refractivity contribution in [2.45, 2.75) is 6.61 Å².